The van der Waals surface area contributed by atoms with Crippen LogP contribution in [0.25, 0.3) is 17.3 Å². The summed E-state index contributed by atoms with van der Waals surface area (Å²) < 4.78 is 1.83. The molecule has 3 heterocycles. The predicted octanol–water partition coefficient (Wildman–Crippen LogP) is 2.65. The van der Waals surface area contributed by atoms with Gasteiger partial charge in [-0.15, -0.1) is 0 Å². The molecule has 3 aromatic rings. The highest BCUT2D eigenvalue weighted by molar-refractivity contribution is 5.50. The third kappa shape index (κ3) is 2.30. The predicted molar refractivity (Wildman–Crippen MR) is 76.6 cm³/mol. The summed E-state index contributed by atoms with van der Waals surface area (Å²) in [6.45, 7) is 5.93. The van der Waals surface area contributed by atoms with E-state index in [-0.39, 0.29) is 0 Å². The normalized spacial score (nSPS) is 10.8. The van der Waals surface area contributed by atoms with Gasteiger partial charge in [0.2, 0.25) is 0 Å². The number of hydrogen-bond acceptors (Lipinski definition) is 4. The molecule has 0 atom stereocenters. The summed E-state index contributed by atoms with van der Waals surface area (Å²) in [7, 11) is 0. The van der Waals surface area contributed by atoms with E-state index in [4.69, 9.17) is 0 Å². The van der Waals surface area contributed by atoms with Crippen molar-refractivity contribution in [2.24, 2.45) is 0 Å². The maximum Gasteiger partial charge on any atom is 0.180 e. The maximum absolute atomic E-state index is 4.58. The molecule has 0 saturated heterocycles. The molecule has 0 aliphatic heterocycles. The van der Waals surface area contributed by atoms with Gasteiger partial charge in [0.1, 0.15) is 5.69 Å². The van der Waals surface area contributed by atoms with Gasteiger partial charge in [0.25, 0.3) is 0 Å². The number of hydrogen-bond donors (Lipinski definition) is 0. The fourth-order valence-electron chi connectivity index (χ4n) is 2.13. The van der Waals surface area contributed by atoms with Crippen LogP contribution in [0.1, 0.15) is 17.1 Å². The zero-order valence-corrected chi connectivity index (χ0v) is 11.7. The lowest BCUT2D eigenvalue weighted by Crippen LogP contribution is -2.05. The fraction of sp³-hybridized carbons (Fsp3) is 0.200. The molecule has 0 unspecified atom stereocenters. The third-order valence-corrected chi connectivity index (χ3v) is 2.96. The Hall–Kier alpha value is -2.56. The first-order valence-corrected chi connectivity index (χ1v) is 6.44. The Bertz CT molecular complexity index is 746. The van der Waals surface area contributed by atoms with E-state index >= 15 is 0 Å². The molecule has 0 N–H and O–H groups in total. The Morgan fingerprint density at radius 2 is 1.80 bits per heavy atom. The first-order valence-electron chi connectivity index (χ1n) is 6.44. The van der Waals surface area contributed by atoms with Gasteiger partial charge in [0.15, 0.2) is 11.6 Å². The van der Waals surface area contributed by atoms with Crippen LogP contribution in [-0.4, -0.2) is 24.7 Å². The van der Waals surface area contributed by atoms with Crippen LogP contribution < -0.4 is 0 Å². The molecular formula is C15H15N5. The summed E-state index contributed by atoms with van der Waals surface area (Å²) in [4.78, 5) is 13.3. The lowest BCUT2D eigenvalue weighted by molar-refractivity contribution is 0.799. The Balaban J connectivity index is 2.14. The van der Waals surface area contributed by atoms with Crippen molar-refractivity contribution >= 4 is 0 Å². The Morgan fingerprint density at radius 3 is 2.45 bits per heavy atom. The van der Waals surface area contributed by atoms with E-state index in [0.717, 1.165) is 28.6 Å². The van der Waals surface area contributed by atoms with Crippen LogP contribution in [0.3, 0.4) is 0 Å². The van der Waals surface area contributed by atoms with Crippen LogP contribution in [0.4, 0.5) is 0 Å². The molecule has 20 heavy (non-hydrogen) atoms. The summed E-state index contributed by atoms with van der Waals surface area (Å²) in [6, 6.07) is 9.65. The summed E-state index contributed by atoms with van der Waals surface area (Å²) in [5, 5.41) is 4.46. The van der Waals surface area contributed by atoms with Gasteiger partial charge in [0.05, 0.1) is 5.69 Å². The highest BCUT2D eigenvalue weighted by Crippen LogP contribution is 2.16. The minimum atomic E-state index is 0.619. The largest absolute Gasteiger partial charge is 0.253 e. The van der Waals surface area contributed by atoms with E-state index in [1.54, 1.807) is 6.20 Å². The molecule has 0 amide bonds. The highest BCUT2D eigenvalue weighted by atomic mass is 15.3. The topological polar surface area (TPSA) is 56.5 Å². The Kier molecular flexibility index (Phi) is 3.02. The van der Waals surface area contributed by atoms with Crippen LogP contribution in [0.15, 0.2) is 36.5 Å². The molecule has 100 valence electrons. The fourth-order valence-corrected chi connectivity index (χ4v) is 2.13. The molecule has 5 nitrogen and oxygen atoms in total. The molecule has 0 aromatic carbocycles. The van der Waals surface area contributed by atoms with Gasteiger partial charge in [-0.25, -0.2) is 14.6 Å². The molecule has 0 spiro atoms. The molecule has 0 fully saturated rings. The van der Waals surface area contributed by atoms with Gasteiger partial charge in [0, 0.05) is 23.7 Å². The van der Waals surface area contributed by atoms with E-state index in [2.05, 4.69) is 20.1 Å². The van der Waals surface area contributed by atoms with Crippen LogP contribution in [0, 0.1) is 20.8 Å². The van der Waals surface area contributed by atoms with Gasteiger partial charge in [-0.2, -0.15) is 5.10 Å². The van der Waals surface area contributed by atoms with Crippen LogP contribution in [0.5, 0.6) is 0 Å². The monoisotopic (exact) mass is 265 g/mol. The van der Waals surface area contributed by atoms with Gasteiger partial charge in [-0.05, 0) is 39.0 Å². The molecule has 0 aliphatic rings. The molecule has 3 rings (SSSR count). The second-order valence-corrected chi connectivity index (χ2v) is 4.75. The van der Waals surface area contributed by atoms with Crippen molar-refractivity contribution in [2.75, 3.05) is 0 Å². The van der Waals surface area contributed by atoms with E-state index < -0.39 is 0 Å². The van der Waals surface area contributed by atoms with Crippen molar-refractivity contribution in [1.29, 1.82) is 0 Å². The SMILES string of the molecule is Cc1cc(-n2nc(C)cc2C)nc(-c2ccccn2)n1. The number of pyridine rings is 1. The molecule has 0 bridgehead atoms. The van der Waals surface area contributed by atoms with Gasteiger partial charge < -0.3 is 0 Å². The van der Waals surface area contributed by atoms with Crippen molar-refractivity contribution in [2.45, 2.75) is 20.8 Å². The Labute approximate surface area is 117 Å². The van der Waals surface area contributed by atoms with Crippen LogP contribution >= 0.6 is 0 Å². The van der Waals surface area contributed by atoms with E-state index in [9.17, 15) is 0 Å². The first-order chi connectivity index (χ1) is 9.63. The summed E-state index contributed by atoms with van der Waals surface area (Å²) in [5.41, 5.74) is 3.67. The second-order valence-electron chi connectivity index (χ2n) is 4.75. The number of rotatable bonds is 2. The number of nitrogens with zero attached hydrogens (tertiary/aromatic N) is 5. The lowest BCUT2D eigenvalue weighted by atomic mass is 10.3. The number of aryl methyl sites for hydroxylation is 3. The van der Waals surface area contributed by atoms with Gasteiger partial charge in [-0.3, -0.25) is 4.98 Å². The van der Waals surface area contributed by atoms with Gasteiger partial charge >= 0.3 is 0 Å². The summed E-state index contributed by atoms with van der Waals surface area (Å²) in [5.74, 6) is 1.39. The van der Waals surface area contributed by atoms with Crippen LogP contribution in [0.2, 0.25) is 0 Å². The minimum absolute atomic E-state index is 0.619. The zero-order valence-electron chi connectivity index (χ0n) is 11.7. The van der Waals surface area contributed by atoms with E-state index in [0.29, 0.717) is 5.82 Å². The lowest BCUT2D eigenvalue weighted by Gasteiger charge is -2.07. The molecular weight excluding hydrogens is 250 g/mol. The number of aromatic nitrogens is 5. The zero-order chi connectivity index (χ0) is 14.1. The maximum atomic E-state index is 4.58. The third-order valence-electron chi connectivity index (χ3n) is 2.96. The second kappa shape index (κ2) is 4.85. The van der Waals surface area contributed by atoms with E-state index in [1.165, 1.54) is 0 Å². The van der Waals surface area contributed by atoms with Crippen molar-refractivity contribution < 1.29 is 0 Å². The first kappa shape index (κ1) is 12.5. The highest BCUT2D eigenvalue weighted by Gasteiger charge is 2.10. The molecule has 3 aromatic heterocycles. The average Bonchev–Trinajstić information content (AvgIpc) is 2.78. The van der Waals surface area contributed by atoms with E-state index in [1.807, 2.05) is 55.8 Å². The van der Waals surface area contributed by atoms with Gasteiger partial charge in [-0.1, -0.05) is 6.07 Å². The van der Waals surface area contributed by atoms with Crippen LogP contribution in [-0.2, 0) is 0 Å². The molecule has 5 heteroatoms. The molecule has 0 saturated carbocycles. The standard InChI is InChI=1S/C15H15N5/c1-10-9-14(20-12(3)8-11(2)19-20)18-15(17-10)13-6-4-5-7-16-13/h4-9H,1-3H3. The average molecular weight is 265 g/mol. The summed E-state index contributed by atoms with van der Waals surface area (Å²) >= 11 is 0. The quantitative estimate of drug-likeness (QED) is 0.714. The van der Waals surface area contributed by atoms with Crippen molar-refractivity contribution in [3.05, 3.63) is 53.6 Å². The Morgan fingerprint density at radius 1 is 0.950 bits per heavy atom. The van der Waals surface area contributed by atoms with Crippen molar-refractivity contribution in [1.82, 2.24) is 24.7 Å². The van der Waals surface area contributed by atoms with Crippen molar-refractivity contribution in [3.63, 3.8) is 0 Å². The smallest absolute Gasteiger partial charge is 0.180 e. The molecule has 0 aliphatic carbocycles. The minimum Gasteiger partial charge on any atom is -0.253 e. The molecule has 0 radical (unpaired) electrons. The van der Waals surface area contributed by atoms with Crippen molar-refractivity contribution in [3.8, 4) is 17.3 Å². The summed E-state index contributed by atoms with van der Waals surface area (Å²) in [6.07, 6.45) is 1.74.